The van der Waals surface area contributed by atoms with Crippen LogP contribution in [0.1, 0.15) is 35.2 Å². The van der Waals surface area contributed by atoms with Gasteiger partial charge in [0, 0.05) is 23.2 Å². The molecular weight excluding hydrogens is 344 g/mol. The zero-order valence-electron chi connectivity index (χ0n) is 15.3. The molecule has 1 aromatic heterocycles. The first-order valence-electron chi connectivity index (χ1n) is 8.52. The summed E-state index contributed by atoms with van der Waals surface area (Å²) in [5, 5.41) is 7.91. The second-order valence-electron chi connectivity index (χ2n) is 6.64. The van der Waals surface area contributed by atoms with E-state index in [1.54, 1.807) is 6.07 Å². The maximum atomic E-state index is 11.6. The van der Waals surface area contributed by atoms with Crippen molar-refractivity contribution >= 4 is 34.0 Å². The highest BCUT2D eigenvalue weighted by Crippen LogP contribution is 2.22. The number of hydrogen-bond donors (Lipinski definition) is 2. The largest absolute Gasteiger partial charge is 0.423 e. The van der Waals surface area contributed by atoms with Gasteiger partial charge in [0.15, 0.2) is 5.11 Å². The van der Waals surface area contributed by atoms with Crippen LogP contribution in [0.4, 0.5) is 5.69 Å². The first-order valence-corrected chi connectivity index (χ1v) is 8.93. The topological polar surface area (TPSA) is 54.3 Å². The van der Waals surface area contributed by atoms with Crippen molar-refractivity contribution < 1.29 is 4.42 Å². The van der Waals surface area contributed by atoms with Gasteiger partial charge in [-0.2, -0.15) is 0 Å². The molecule has 1 unspecified atom stereocenters. The Balaban J connectivity index is 1.76. The molecule has 4 nitrogen and oxygen atoms in total. The summed E-state index contributed by atoms with van der Waals surface area (Å²) in [6.45, 7) is 8.15. The third-order valence-electron chi connectivity index (χ3n) is 4.46. The van der Waals surface area contributed by atoms with E-state index < -0.39 is 0 Å². The van der Waals surface area contributed by atoms with E-state index in [9.17, 15) is 4.79 Å². The number of hydrogen-bond acceptors (Lipinski definition) is 3. The minimum absolute atomic E-state index is 0.0792. The van der Waals surface area contributed by atoms with Gasteiger partial charge in [-0.15, -0.1) is 0 Å². The fourth-order valence-corrected chi connectivity index (χ4v) is 3.37. The van der Waals surface area contributed by atoms with E-state index in [1.165, 1.54) is 22.8 Å². The zero-order chi connectivity index (χ0) is 18.8. The van der Waals surface area contributed by atoms with Gasteiger partial charge in [0.1, 0.15) is 5.58 Å². The number of fused-ring (bicyclic) bond motifs is 1. The molecule has 0 saturated carbocycles. The van der Waals surface area contributed by atoms with Crippen molar-refractivity contribution in [3.63, 3.8) is 0 Å². The van der Waals surface area contributed by atoms with Crippen LogP contribution in [0.25, 0.3) is 11.0 Å². The first kappa shape index (κ1) is 18.1. The van der Waals surface area contributed by atoms with Crippen LogP contribution >= 0.6 is 12.2 Å². The normalized spacial score (nSPS) is 12.0. The van der Waals surface area contributed by atoms with Gasteiger partial charge in [-0.1, -0.05) is 23.8 Å². The molecule has 0 bridgehead atoms. The number of benzene rings is 2. The minimum atomic E-state index is -0.351. The SMILES string of the molecule is Cc1ccc(C)c(C(C)NC(=S)Nc2ccc3c(C)cc(=O)oc3c2)c1. The van der Waals surface area contributed by atoms with Crippen molar-refractivity contribution in [2.45, 2.75) is 33.7 Å². The van der Waals surface area contributed by atoms with Crippen LogP contribution in [-0.4, -0.2) is 5.11 Å². The molecule has 3 rings (SSSR count). The summed E-state index contributed by atoms with van der Waals surface area (Å²) in [4.78, 5) is 11.6. The van der Waals surface area contributed by atoms with Gasteiger partial charge in [0.2, 0.25) is 0 Å². The summed E-state index contributed by atoms with van der Waals surface area (Å²) >= 11 is 5.45. The molecule has 0 spiro atoms. The van der Waals surface area contributed by atoms with Crippen molar-refractivity contribution in [2.75, 3.05) is 5.32 Å². The van der Waals surface area contributed by atoms with Gasteiger partial charge >= 0.3 is 5.63 Å². The molecule has 134 valence electrons. The maximum Gasteiger partial charge on any atom is 0.336 e. The van der Waals surface area contributed by atoms with Gasteiger partial charge in [0.25, 0.3) is 0 Å². The predicted octanol–water partition coefficient (Wildman–Crippen LogP) is 4.77. The Hall–Kier alpha value is -2.66. The monoisotopic (exact) mass is 366 g/mol. The fraction of sp³-hybridized carbons (Fsp3) is 0.238. The first-order chi connectivity index (χ1) is 12.3. The maximum absolute atomic E-state index is 11.6. The van der Waals surface area contributed by atoms with Crippen LogP contribution in [0.2, 0.25) is 0 Å². The molecule has 0 radical (unpaired) electrons. The molecule has 3 aromatic rings. The van der Waals surface area contributed by atoms with E-state index >= 15 is 0 Å². The van der Waals surface area contributed by atoms with E-state index in [4.69, 9.17) is 16.6 Å². The molecule has 0 aliphatic carbocycles. The fourth-order valence-electron chi connectivity index (χ4n) is 3.07. The minimum Gasteiger partial charge on any atom is -0.423 e. The molecule has 0 fully saturated rings. The lowest BCUT2D eigenvalue weighted by molar-refractivity contribution is 0.560. The standard InChI is InChI=1S/C21H22N2O2S/c1-12-5-6-13(2)18(9-12)15(4)22-21(26)23-16-7-8-17-14(3)10-20(24)25-19(17)11-16/h5-11,15H,1-4H3,(H2,22,23,26). The summed E-state index contributed by atoms with van der Waals surface area (Å²) < 4.78 is 5.28. The summed E-state index contributed by atoms with van der Waals surface area (Å²) in [7, 11) is 0. The smallest absolute Gasteiger partial charge is 0.336 e. The highest BCUT2D eigenvalue weighted by atomic mass is 32.1. The van der Waals surface area contributed by atoms with E-state index in [-0.39, 0.29) is 11.7 Å². The Morgan fingerprint density at radius 2 is 1.81 bits per heavy atom. The third kappa shape index (κ3) is 3.94. The lowest BCUT2D eigenvalue weighted by atomic mass is 10.0. The summed E-state index contributed by atoms with van der Waals surface area (Å²) in [5.41, 5.74) is 5.53. The molecule has 0 aliphatic rings. The third-order valence-corrected chi connectivity index (χ3v) is 4.68. The van der Waals surface area contributed by atoms with E-state index in [1.807, 2.05) is 19.1 Å². The van der Waals surface area contributed by atoms with Crippen LogP contribution in [-0.2, 0) is 0 Å². The average molecular weight is 366 g/mol. The second kappa shape index (κ2) is 7.30. The number of aryl methyl sites for hydroxylation is 3. The number of rotatable bonds is 3. The lowest BCUT2D eigenvalue weighted by Crippen LogP contribution is -2.31. The Labute approximate surface area is 158 Å². The Morgan fingerprint density at radius 3 is 2.58 bits per heavy atom. The van der Waals surface area contributed by atoms with Gasteiger partial charge < -0.3 is 15.1 Å². The Bertz CT molecular complexity index is 1040. The molecule has 5 heteroatoms. The summed E-state index contributed by atoms with van der Waals surface area (Å²) in [5.74, 6) is 0. The quantitative estimate of drug-likeness (QED) is 0.517. The molecule has 2 N–H and O–H groups in total. The van der Waals surface area contributed by atoms with Crippen LogP contribution in [0, 0.1) is 20.8 Å². The van der Waals surface area contributed by atoms with Gasteiger partial charge in [0.05, 0.1) is 6.04 Å². The highest BCUT2D eigenvalue weighted by molar-refractivity contribution is 7.80. The Kier molecular flexibility index (Phi) is 5.09. The molecule has 26 heavy (non-hydrogen) atoms. The van der Waals surface area contributed by atoms with Crippen molar-refractivity contribution in [1.29, 1.82) is 0 Å². The van der Waals surface area contributed by atoms with Gasteiger partial charge in [-0.25, -0.2) is 4.79 Å². The van der Waals surface area contributed by atoms with Gasteiger partial charge in [-0.05, 0) is 68.7 Å². The van der Waals surface area contributed by atoms with Gasteiger partial charge in [-0.3, -0.25) is 0 Å². The molecule has 0 amide bonds. The molecule has 2 aromatic carbocycles. The van der Waals surface area contributed by atoms with Crippen molar-refractivity contribution in [1.82, 2.24) is 5.32 Å². The Morgan fingerprint density at radius 1 is 1.04 bits per heavy atom. The lowest BCUT2D eigenvalue weighted by Gasteiger charge is -2.19. The molecule has 0 saturated heterocycles. The molecule has 1 heterocycles. The highest BCUT2D eigenvalue weighted by Gasteiger charge is 2.11. The van der Waals surface area contributed by atoms with Crippen LogP contribution in [0.3, 0.4) is 0 Å². The van der Waals surface area contributed by atoms with Crippen molar-refractivity contribution in [2.24, 2.45) is 0 Å². The number of anilines is 1. The molecular formula is C21H22N2O2S. The summed E-state index contributed by atoms with van der Waals surface area (Å²) in [6, 6.07) is 13.6. The second-order valence-corrected chi connectivity index (χ2v) is 7.05. The zero-order valence-corrected chi connectivity index (χ0v) is 16.2. The van der Waals surface area contributed by atoms with Crippen molar-refractivity contribution in [3.05, 3.63) is 75.1 Å². The average Bonchev–Trinajstić information content (AvgIpc) is 2.56. The van der Waals surface area contributed by atoms with Crippen LogP contribution < -0.4 is 16.3 Å². The molecule has 1 atom stereocenters. The number of thiocarbonyl (C=S) groups is 1. The summed E-state index contributed by atoms with van der Waals surface area (Å²) in [6.07, 6.45) is 0. The van der Waals surface area contributed by atoms with E-state index in [0.29, 0.717) is 10.7 Å². The van der Waals surface area contributed by atoms with Crippen LogP contribution in [0.15, 0.2) is 51.7 Å². The predicted molar refractivity (Wildman–Crippen MR) is 111 cm³/mol. The van der Waals surface area contributed by atoms with Crippen molar-refractivity contribution in [3.8, 4) is 0 Å². The van der Waals surface area contributed by atoms with E-state index in [2.05, 4.69) is 49.6 Å². The number of nitrogens with one attached hydrogen (secondary N) is 2. The molecule has 0 aliphatic heterocycles. The van der Waals surface area contributed by atoms with E-state index in [0.717, 1.165) is 16.6 Å². The van der Waals surface area contributed by atoms with Crippen LogP contribution in [0.5, 0.6) is 0 Å².